The molecule has 0 aliphatic carbocycles. The highest BCUT2D eigenvalue weighted by Gasteiger charge is 2.31. The number of carbonyl (C=O) groups excluding carboxylic acids is 1. The van der Waals surface area contributed by atoms with Crippen molar-refractivity contribution in [1.29, 1.82) is 0 Å². The van der Waals surface area contributed by atoms with Crippen LogP contribution in [0.25, 0.3) is 0 Å². The maximum absolute atomic E-state index is 10.7. The van der Waals surface area contributed by atoms with Crippen molar-refractivity contribution < 1.29 is 9.22 Å². The average molecular weight is 311 g/mol. The molecule has 0 amide bonds. The topological polar surface area (TPSA) is 26.3 Å². The minimum absolute atomic E-state index is 0.0398. The Morgan fingerprint density at radius 3 is 2.10 bits per heavy atom. The molecule has 0 saturated heterocycles. The van der Waals surface area contributed by atoms with Gasteiger partial charge in [0.2, 0.25) is 0 Å². The van der Waals surface area contributed by atoms with E-state index in [1.807, 2.05) is 6.92 Å². The molecular weight excluding hydrogens is 276 g/mol. The highest BCUT2D eigenvalue weighted by Crippen LogP contribution is 2.27. The summed E-state index contributed by atoms with van der Waals surface area (Å²) in [5.41, 5.74) is 2.26. The highest BCUT2D eigenvalue weighted by molar-refractivity contribution is 6.73. The number of allylic oxidation sites excluding steroid dienone is 2. The standard InChI is InChI=1S/C18H34O2Si/c1-8-18(20-21(9-2,10-3)11-4)17(7)13-15(5)12-16(6)14-19/h13-14,16,18H,5,8-12H2,1-4,6-7H3/b17-13+/t16-,18-/m1/s1. The van der Waals surface area contributed by atoms with E-state index >= 15 is 0 Å². The third kappa shape index (κ3) is 6.75. The molecule has 0 spiro atoms. The van der Waals surface area contributed by atoms with Gasteiger partial charge in [-0.15, -0.1) is 0 Å². The van der Waals surface area contributed by atoms with Crippen LogP contribution in [0.4, 0.5) is 0 Å². The minimum atomic E-state index is -1.58. The summed E-state index contributed by atoms with van der Waals surface area (Å²) in [6.45, 7) is 17.1. The maximum atomic E-state index is 10.7. The van der Waals surface area contributed by atoms with Gasteiger partial charge in [-0.1, -0.05) is 52.8 Å². The molecule has 0 radical (unpaired) electrons. The van der Waals surface area contributed by atoms with Crippen molar-refractivity contribution in [2.24, 2.45) is 5.92 Å². The van der Waals surface area contributed by atoms with Crippen LogP contribution >= 0.6 is 0 Å². The van der Waals surface area contributed by atoms with E-state index in [0.29, 0.717) is 0 Å². The molecule has 0 unspecified atom stereocenters. The van der Waals surface area contributed by atoms with Gasteiger partial charge in [0.25, 0.3) is 0 Å². The predicted octanol–water partition coefficient (Wildman–Crippen LogP) is 5.51. The van der Waals surface area contributed by atoms with Gasteiger partial charge in [-0.3, -0.25) is 0 Å². The van der Waals surface area contributed by atoms with E-state index in [1.165, 1.54) is 23.7 Å². The largest absolute Gasteiger partial charge is 0.410 e. The third-order valence-corrected chi connectivity index (χ3v) is 9.10. The number of rotatable bonds is 11. The lowest BCUT2D eigenvalue weighted by molar-refractivity contribution is -0.110. The van der Waals surface area contributed by atoms with Gasteiger partial charge in [0.05, 0.1) is 6.10 Å². The smallest absolute Gasteiger partial charge is 0.192 e. The molecule has 0 N–H and O–H groups in total. The van der Waals surface area contributed by atoms with E-state index < -0.39 is 8.32 Å². The van der Waals surface area contributed by atoms with E-state index in [1.54, 1.807) is 0 Å². The molecule has 0 fully saturated rings. The van der Waals surface area contributed by atoms with Crippen LogP contribution < -0.4 is 0 Å². The fourth-order valence-corrected chi connectivity index (χ4v) is 5.69. The summed E-state index contributed by atoms with van der Waals surface area (Å²) in [7, 11) is -1.58. The summed E-state index contributed by atoms with van der Waals surface area (Å²) in [5.74, 6) is 0.0398. The lowest BCUT2D eigenvalue weighted by atomic mass is 10.00. The molecule has 0 aromatic heterocycles. The average Bonchev–Trinajstić information content (AvgIpc) is 2.48. The minimum Gasteiger partial charge on any atom is -0.410 e. The quantitative estimate of drug-likeness (QED) is 0.285. The number of hydrogen-bond donors (Lipinski definition) is 0. The van der Waals surface area contributed by atoms with Crippen molar-refractivity contribution in [2.75, 3.05) is 0 Å². The maximum Gasteiger partial charge on any atom is 0.192 e. The van der Waals surface area contributed by atoms with Gasteiger partial charge in [-0.25, -0.2) is 0 Å². The second-order valence-corrected chi connectivity index (χ2v) is 10.8. The molecule has 0 aliphatic rings. The van der Waals surface area contributed by atoms with E-state index in [0.717, 1.165) is 24.7 Å². The van der Waals surface area contributed by atoms with Crippen molar-refractivity contribution in [3.05, 3.63) is 23.8 Å². The van der Waals surface area contributed by atoms with Gasteiger partial charge in [0.15, 0.2) is 8.32 Å². The van der Waals surface area contributed by atoms with Crippen LogP contribution in [-0.4, -0.2) is 20.7 Å². The molecule has 0 aromatic carbocycles. The summed E-state index contributed by atoms with van der Waals surface area (Å²) in [6.07, 6.45) is 5.03. The van der Waals surface area contributed by atoms with Crippen LogP contribution in [0.15, 0.2) is 23.8 Å². The molecule has 0 rings (SSSR count). The molecule has 0 aromatic rings. The second-order valence-electron chi connectivity index (χ2n) is 6.12. The van der Waals surface area contributed by atoms with E-state index in [4.69, 9.17) is 4.43 Å². The first-order chi connectivity index (χ1) is 9.87. The van der Waals surface area contributed by atoms with Gasteiger partial charge in [0, 0.05) is 5.92 Å². The molecule has 3 heteroatoms. The SMILES string of the molecule is C=C(/C=C(\C)[C@@H](CC)O[Si](CC)(CC)CC)C[C@@H](C)C=O. The molecule has 0 heterocycles. The summed E-state index contributed by atoms with van der Waals surface area (Å²) >= 11 is 0. The summed E-state index contributed by atoms with van der Waals surface area (Å²) < 4.78 is 6.59. The van der Waals surface area contributed by atoms with Crippen LogP contribution in [-0.2, 0) is 9.22 Å². The van der Waals surface area contributed by atoms with Gasteiger partial charge >= 0.3 is 0 Å². The van der Waals surface area contributed by atoms with Crippen molar-refractivity contribution in [3.63, 3.8) is 0 Å². The van der Waals surface area contributed by atoms with Gasteiger partial charge in [-0.05, 0) is 43.5 Å². The van der Waals surface area contributed by atoms with Crippen LogP contribution in [0.2, 0.25) is 18.1 Å². The lowest BCUT2D eigenvalue weighted by Gasteiger charge is -2.33. The van der Waals surface area contributed by atoms with Gasteiger partial charge in [0.1, 0.15) is 6.29 Å². The first kappa shape index (κ1) is 20.3. The predicted molar refractivity (Wildman–Crippen MR) is 95.1 cm³/mol. The third-order valence-electron chi connectivity index (χ3n) is 4.45. The molecule has 2 nitrogen and oxygen atoms in total. The molecule has 0 aliphatic heterocycles. The van der Waals surface area contributed by atoms with Gasteiger partial charge < -0.3 is 9.22 Å². The Bertz CT molecular complexity index is 348. The second kappa shape index (κ2) is 10.1. The van der Waals surface area contributed by atoms with Crippen LogP contribution in [0, 0.1) is 5.92 Å². The molecule has 21 heavy (non-hydrogen) atoms. The number of aldehydes is 1. The summed E-state index contributed by atoms with van der Waals surface area (Å²) in [6, 6.07) is 3.52. The first-order valence-corrected chi connectivity index (χ1v) is 10.9. The van der Waals surface area contributed by atoms with E-state index in [9.17, 15) is 4.79 Å². The summed E-state index contributed by atoms with van der Waals surface area (Å²) in [5, 5.41) is 0. The zero-order valence-corrected chi connectivity index (χ0v) is 15.9. The van der Waals surface area contributed by atoms with Crippen molar-refractivity contribution >= 4 is 14.6 Å². The Kier molecular flexibility index (Phi) is 9.80. The Morgan fingerprint density at radius 1 is 1.19 bits per heavy atom. The molecule has 0 saturated carbocycles. The number of carbonyl (C=O) groups is 1. The Labute approximate surface area is 132 Å². The monoisotopic (exact) mass is 310 g/mol. The Balaban J connectivity index is 4.93. The lowest BCUT2D eigenvalue weighted by Crippen LogP contribution is -2.40. The molecule has 122 valence electrons. The highest BCUT2D eigenvalue weighted by atomic mass is 28.4. The molecule has 0 bridgehead atoms. The normalized spacial score (nSPS) is 15.6. The number of hydrogen-bond acceptors (Lipinski definition) is 2. The Morgan fingerprint density at radius 2 is 1.71 bits per heavy atom. The fourth-order valence-electron chi connectivity index (χ4n) is 2.74. The van der Waals surface area contributed by atoms with Crippen molar-refractivity contribution in [1.82, 2.24) is 0 Å². The summed E-state index contributed by atoms with van der Waals surface area (Å²) in [4.78, 5) is 10.7. The molecule has 2 atom stereocenters. The zero-order valence-electron chi connectivity index (χ0n) is 14.9. The van der Waals surface area contributed by atoms with E-state index in [-0.39, 0.29) is 12.0 Å². The van der Waals surface area contributed by atoms with Crippen molar-refractivity contribution in [2.45, 2.75) is 78.6 Å². The van der Waals surface area contributed by atoms with E-state index in [2.05, 4.69) is 47.3 Å². The van der Waals surface area contributed by atoms with Crippen LogP contribution in [0.5, 0.6) is 0 Å². The van der Waals surface area contributed by atoms with Crippen LogP contribution in [0.3, 0.4) is 0 Å². The van der Waals surface area contributed by atoms with Crippen LogP contribution in [0.1, 0.15) is 54.4 Å². The van der Waals surface area contributed by atoms with Gasteiger partial charge in [-0.2, -0.15) is 0 Å². The zero-order chi connectivity index (χ0) is 16.5. The fraction of sp³-hybridized carbons (Fsp3) is 0.722. The first-order valence-electron chi connectivity index (χ1n) is 8.36. The Hall–Kier alpha value is -0.673. The molecular formula is C18H34O2Si. The van der Waals surface area contributed by atoms with Crippen molar-refractivity contribution in [3.8, 4) is 0 Å².